The third-order valence-corrected chi connectivity index (χ3v) is 2.77. The number of hydrogen-bond donors (Lipinski definition) is 0. The van der Waals surface area contributed by atoms with Crippen molar-refractivity contribution in [2.24, 2.45) is 0 Å². The van der Waals surface area contributed by atoms with Crippen LogP contribution in [0.1, 0.15) is 12.5 Å². The molecule has 0 atom stereocenters. The standard InChI is InChI=1S/C12H14O2S/c1-9-4-6-11(7-5-9)15-10(2)8-12(13)14-3/h4-8H,1-3H3/b10-8+. The molecule has 0 unspecified atom stereocenters. The molecule has 1 aromatic carbocycles. The number of rotatable bonds is 3. The van der Waals surface area contributed by atoms with Gasteiger partial charge in [-0.3, -0.25) is 0 Å². The maximum absolute atomic E-state index is 11.0. The number of benzene rings is 1. The molecule has 0 aliphatic heterocycles. The molecule has 0 fully saturated rings. The number of allylic oxidation sites excluding steroid dienone is 1. The van der Waals surface area contributed by atoms with Gasteiger partial charge in [-0.25, -0.2) is 4.79 Å². The number of thioether (sulfide) groups is 1. The van der Waals surface area contributed by atoms with E-state index in [2.05, 4.69) is 4.74 Å². The minimum Gasteiger partial charge on any atom is -0.466 e. The zero-order chi connectivity index (χ0) is 11.3. The molecule has 1 aromatic rings. The van der Waals surface area contributed by atoms with Gasteiger partial charge in [-0.05, 0) is 30.9 Å². The average molecular weight is 222 g/mol. The van der Waals surface area contributed by atoms with Crippen LogP contribution in [-0.4, -0.2) is 13.1 Å². The van der Waals surface area contributed by atoms with Gasteiger partial charge in [0, 0.05) is 11.0 Å². The van der Waals surface area contributed by atoms with Crippen molar-refractivity contribution < 1.29 is 9.53 Å². The normalized spacial score (nSPS) is 11.3. The molecule has 3 heteroatoms. The summed E-state index contributed by atoms with van der Waals surface area (Å²) in [5.74, 6) is -0.313. The van der Waals surface area contributed by atoms with Crippen LogP contribution in [0.4, 0.5) is 0 Å². The van der Waals surface area contributed by atoms with E-state index in [1.54, 1.807) is 11.8 Å². The Labute approximate surface area is 94.3 Å². The largest absolute Gasteiger partial charge is 0.466 e. The van der Waals surface area contributed by atoms with E-state index in [0.29, 0.717) is 0 Å². The molecule has 0 aliphatic rings. The number of hydrogen-bond acceptors (Lipinski definition) is 3. The summed E-state index contributed by atoms with van der Waals surface area (Å²) in [5.41, 5.74) is 1.23. The summed E-state index contributed by atoms with van der Waals surface area (Å²) in [6.07, 6.45) is 1.49. The first-order valence-corrected chi connectivity index (χ1v) is 5.44. The predicted molar refractivity (Wildman–Crippen MR) is 62.8 cm³/mol. The summed E-state index contributed by atoms with van der Waals surface area (Å²) in [6.45, 7) is 3.94. The van der Waals surface area contributed by atoms with Gasteiger partial charge in [0.05, 0.1) is 7.11 Å². The van der Waals surface area contributed by atoms with Gasteiger partial charge in [0.25, 0.3) is 0 Å². The molecule has 0 aromatic heterocycles. The molecule has 15 heavy (non-hydrogen) atoms. The van der Waals surface area contributed by atoms with Crippen LogP contribution in [0.25, 0.3) is 0 Å². The van der Waals surface area contributed by atoms with Gasteiger partial charge in [0.1, 0.15) is 0 Å². The molecule has 0 saturated heterocycles. The smallest absolute Gasteiger partial charge is 0.331 e. The molecule has 0 bridgehead atoms. The minimum atomic E-state index is -0.313. The van der Waals surface area contributed by atoms with E-state index in [-0.39, 0.29) is 5.97 Å². The lowest BCUT2D eigenvalue weighted by Crippen LogP contribution is -1.94. The SMILES string of the molecule is COC(=O)/C=C(\C)Sc1ccc(C)cc1. The van der Waals surface area contributed by atoms with Gasteiger partial charge in [0.2, 0.25) is 0 Å². The van der Waals surface area contributed by atoms with Gasteiger partial charge in [0.15, 0.2) is 0 Å². The molecule has 0 N–H and O–H groups in total. The fraction of sp³-hybridized carbons (Fsp3) is 0.250. The van der Waals surface area contributed by atoms with Crippen LogP contribution < -0.4 is 0 Å². The van der Waals surface area contributed by atoms with Crippen molar-refractivity contribution in [3.63, 3.8) is 0 Å². The number of ether oxygens (including phenoxy) is 1. The van der Waals surface area contributed by atoms with E-state index in [0.717, 1.165) is 9.80 Å². The van der Waals surface area contributed by atoms with Crippen LogP contribution in [0, 0.1) is 6.92 Å². The number of carbonyl (C=O) groups is 1. The van der Waals surface area contributed by atoms with Crippen LogP contribution in [0.3, 0.4) is 0 Å². The fourth-order valence-corrected chi connectivity index (χ4v) is 1.85. The van der Waals surface area contributed by atoms with E-state index in [1.807, 2.05) is 38.1 Å². The van der Waals surface area contributed by atoms with Crippen molar-refractivity contribution in [2.45, 2.75) is 18.7 Å². The van der Waals surface area contributed by atoms with Crippen molar-refractivity contribution >= 4 is 17.7 Å². The molecule has 0 heterocycles. The molecule has 1 rings (SSSR count). The van der Waals surface area contributed by atoms with Crippen LogP contribution in [0.15, 0.2) is 40.1 Å². The zero-order valence-electron chi connectivity index (χ0n) is 9.11. The Balaban J connectivity index is 2.66. The van der Waals surface area contributed by atoms with Gasteiger partial charge in [-0.15, -0.1) is 0 Å². The molecular formula is C12H14O2S. The van der Waals surface area contributed by atoms with E-state index < -0.39 is 0 Å². The topological polar surface area (TPSA) is 26.3 Å². The van der Waals surface area contributed by atoms with Crippen LogP contribution >= 0.6 is 11.8 Å². The molecular weight excluding hydrogens is 208 g/mol. The van der Waals surface area contributed by atoms with E-state index in [9.17, 15) is 4.79 Å². The number of carbonyl (C=O) groups excluding carboxylic acids is 1. The Bertz CT molecular complexity index is 366. The van der Waals surface area contributed by atoms with Crippen molar-refractivity contribution in [3.8, 4) is 0 Å². The first-order valence-electron chi connectivity index (χ1n) is 4.62. The average Bonchev–Trinajstić information content (AvgIpc) is 2.21. The second kappa shape index (κ2) is 5.61. The summed E-state index contributed by atoms with van der Waals surface area (Å²) in [5, 5.41) is 0. The van der Waals surface area contributed by atoms with Crippen molar-refractivity contribution in [1.82, 2.24) is 0 Å². The van der Waals surface area contributed by atoms with Crippen LogP contribution in [0.2, 0.25) is 0 Å². The maximum Gasteiger partial charge on any atom is 0.331 e. The quantitative estimate of drug-likeness (QED) is 0.446. The van der Waals surface area contributed by atoms with E-state index >= 15 is 0 Å². The molecule has 2 nitrogen and oxygen atoms in total. The molecule has 0 aliphatic carbocycles. The second-order valence-electron chi connectivity index (χ2n) is 3.19. The first kappa shape index (κ1) is 11.9. The number of esters is 1. The highest BCUT2D eigenvalue weighted by molar-refractivity contribution is 8.03. The first-order chi connectivity index (χ1) is 7.11. The summed E-state index contributed by atoms with van der Waals surface area (Å²) < 4.78 is 4.55. The lowest BCUT2D eigenvalue weighted by molar-refractivity contribution is -0.134. The summed E-state index contributed by atoms with van der Waals surface area (Å²) in [6, 6.07) is 8.17. The predicted octanol–water partition coefficient (Wildman–Crippen LogP) is 3.16. The summed E-state index contributed by atoms with van der Waals surface area (Å²) in [7, 11) is 1.38. The Morgan fingerprint density at radius 2 is 1.93 bits per heavy atom. The lowest BCUT2D eigenvalue weighted by atomic mass is 10.2. The van der Waals surface area contributed by atoms with Gasteiger partial charge in [-0.2, -0.15) is 0 Å². The molecule has 80 valence electrons. The van der Waals surface area contributed by atoms with Crippen molar-refractivity contribution in [2.75, 3.05) is 7.11 Å². The second-order valence-corrected chi connectivity index (χ2v) is 4.51. The van der Waals surface area contributed by atoms with Crippen LogP contribution in [0.5, 0.6) is 0 Å². The molecule has 0 spiro atoms. The fourth-order valence-electron chi connectivity index (χ4n) is 1.05. The van der Waals surface area contributed by atoms with Gasteiger partial charge >= 0.3 is 5.97 Å². The zero-order valence-corrected chi connectivity index (χ0v) is 9.93. The van der Waals surface area contributed by atoms with Gasteiger partial charge in [-0.1, -0.05) is 29.5 Å². The highest BCUT2D eigenvalue weighted by atomic mass is 32.2. The third kappa shape index (κ3) is 4.21. The Morgan fingerprint density at radius 3 is 2.47 bits per heavy atom. The van der Waals surface area contributed by atoms with Crippen LogP contribution in [-0.2, 0) is 9.53 Å². The minimum absolute atomic E-state index is 0.313. The van der Waals surface area contributed by atoms with Gasteiger partial charge < -0.3 is 4.74 Å². The highest BCUT2D eigenvalue weighted by Gasteiger charge is 1.99. The monoisotopic (exact) mass is 222 g/mol. The van der Waals surface area contributed by atoms with Crippen molar-refractivity contribution in [3.05, 3.63) is 40.8 Å². The third-order valence-electron chi connectivity index (χ3n) is 1.82. The lowest BCUT2D eigenvalue weighted by Gasteiger charge is -2.01. The molecule has 0 amide bonds. The van der Waals surface area contributed by atoms with Crippen molar-refractivity contribution in [1.29, 1.82) is 0 Å². The number of methoxy groups -OCH3 is 1. The Hall–Kier alpha value is -1.22. The molecule has 0 saturated carbocycles. The Morgan fingerprint density at radius 1 is 1.33 bits per heavy atom. The van der Waals surface area contributed by atoms with E-state index in [1.165, 1.54) is 18.7 Å². The summed E-state index contributed by atoms with van der Waals surface area (Å²) >= 11 is 1.56. The van der Waals surface area contributed by atoms with E-state index in [4.69, 9.17) is 0 Å². The summed E-state index contributed by atoms with van der Waals surface area (Å²) in [4.78, 5) is 13.0. The molecule has 0 radical (unpaired) electrons. The number of aryl methyl sites for hydroxylation is 1. The maximum atomic E-state index is 11.0. The Kier molecular flexibility index (Phi) is 4.43. The highest BCUT2D eigenvalue weighted by Crippen LogP contribution is 2.25.